The summed E-state index contributed by atoms with van der Waals surface area (Å²) in [6, 6.07) is 18.8. The van der Waals surface area contributed by atoms with Gasteiger partial charge < -0.3 is 14.4 Å². The van der Waals surface area contributed by atoms with E-state index in [0.717, 1.165) is 0 Å². The maximum atomic E-state index is 12.8. The number of hydrogen-bond donors (Lipinski definition) is 0. The first-order valence-corrected chi connectivity index (χ1v) is 12.6. The molecule has 0 aliphatic rings. The normalized spacial score (nSPS) is 10.0. The topological polar surface area (TPSA) is 149 Å². The van der Waals surface area contributed by atoms with E-state index in [1.807, 2.05) is 0 Å². The second-order valence-electron chi connectivity index (χ2n) is 7.69. The van der Waals surface area contributed by atoms with Gasteiger partial charge in [0, 0.05) is 42.9 Å². The predicted octanol–water partition coefficient (Wildman–Crippen LogP) is -3.39. The number of ketones is 1. The minimum absolute atomic E-state index is 0. The molecule has 38 heavy (non-hydrogen) atoms. The Labute approximate surface area is 341 Å². The van der Waals surface area contributed by atoms with Gasteiger partial charge >= 0.3 is 148 Å². The molecule has 1 amide bonds. The summed E-state index contributed by atoms with van der Waals surface area (Å²) in [5, 5.41) is 0. The molecule has 0 fully saturated rings. The van der Waals surface area contributed by atoms with Gasteiger partial charge in [0.15, 0.2) is 5.78 Å². The minimum Gasteiger partial charge on any atom is -0.745 e. The number of amides is 1. The molecular weight excluding hydrogens is 774 g/mol. The molecule has 14 heteroatoms. The Bertz CT molecular complexity index is 1490. The Hall–Kier alpha value is 0.234. The van der Waals surface area contributed by atoms with Crippen LogP contribution in [0.2, 0.25) is 0 Å². The van der Waals surface area contributed by atoms with Crippen LogP contribution in [0.1, 0.15) is 27.6 Å². The molecule has 190 valence electrons. The molecule has 0 N–H and O–H groups in total. The summed E-state index contributed by atoms with van der Waals surface area (Å²) in [7, 11) is -2.72. The number of carbonyl (C=O) groups excluding carboxylic acids is 2. The van der Waals surface area contributed by atoms with Crippen molar-refractivity contribution >= 4 is 43.8 Å². The van der Waals surface area contributed by atoms with Gasteiger partial charge in [-0.05, 0) is 36.9 Å². The molecule has 0 bridgehead atoms. The van der Waals surface area contributed by atoms with E-state index in [1.54, 1.807) is 80.6 Å². The van der Waals surface area contributed by atoms with Crippen molar-refractivity contribution in [3.8, 4) is 11.1 Å². The molecule has 0 aliphatic heterocycles. The molecule has 0 aliphatic carbocycles. The van der Waals surface area contributed by atoms with Crippen molar-refractivity contribution in [2.45, 2.75) is 11.8 Å². The fraction of sp³-hybridized carbons (Fsp3) is 0.167. The Morgan fingerprint density at radius 2 is 1.34 bits per heavy atom. The van der Waals surface area contributed by atoms with Crippen LogP contribution in [0.25, 0.3) is 11.1 Å². The van der Waals surface area contributed by atoms with E-state index in [2.05, 4.69) is 6.07 Å². The van der Waals surface area contributed by atoms with E-state index in [1.165, 1.54) is 17.9 Å². The zero-order valence-electron chi connectivity index (χ0n) is 21.8. The molecule has 0 aromatic heterocycles. The Balaban J connectivity index is 0.00000213. The van der Waals surface area contributed by atoms with Crippen molar-refractivity contribution in [3.63, 3.8) is 0 Å². The number of rotatable bonds is 6. The fourth-order valence-corrected chi connectivity index (χ4v) is 3.88. The molecule has 0 atom stereocenters. The predicted molar refractivity (Wildman–Crippen MR) is 132 cm³/mol. The molecule has 3 aromatic carbocycles. The molecule has 0 unspecified atom stereocenters. The molecule has 3 aromatic rings. The monoisotopic (exact) mass is 796 g/mol. The molecule has 0 heterocycles. The summed E-state index contributed by atoms with van der Waals surface area (Å²) in [6.45, 7) is 1.46. The third-order valence-electron chi connectivity index (χ3n) is 5.07. The molecular formula is C24H22Cs2N2O8S2. The Kier molecular flexibility index (Phi) is 17.4. The second kappa shape index (κ2) is 17.3. The van der Waals surface area contributed by atoms with Crippen LogP contribution in [-0.4, -0.2) is 58.4 Å². The van der Waals surface area contributed by atoms with Crippen molar-refractivity contribution in [2.24, 2.45) is 0 Å². The van der Waals surface area contributed by atoms with Crippen LogP contribution in [0.3, 0.4) is 0 Å². The van der Waals surface area contributed by atoms with Crippen LogP contribution < -0.4 is 148 Å². The van der Waals surface area contributed by atoms with Crippen LogP contribution in [0.5, 0.6) is 0 Å². The minimum atomic E-state index is -4.71. The number of Topliss-reactive ketones (excluding diaryl/α,β-unsaturated/α-hetero) is 1. The van der Waals surface area contributed by atoms with Crippen LogP contribution in [-0.2, 0) is 20.7 Å². The van der Waals surface area contributed by atoms with E-state index >= 15 is 0 Å². The first-order valence-electron chi connectivity index (χ1n) is 10.2. The fourth-order valence-electron chi connectivity index (χ4n) is 3.17. The SMILES string of the molecule is CC(=O)c1ccc(C(=O)N(C)c2c[c-]c(-c3ccc(N(C)C)cc3S(=O)(=O)[O-])cc2)cc1.O=S(=O)=O.[Cs+].[Cs+]. The second-order valence-corrected chi connectivity index (χ2v) is 9.45. The molecule has 3 rings (SSSR count). The summed E-state index contributed by atoms with van der Waals surface area (Å²) in [6.07, 6.45) is 0. The average molecular weight is 796 g/mol. The number of anilines is 2. The van der Waals surface area contributed by atoms with Gasteiger partial charge in [-0.3, -0.25) is 9.59 Å². The molecule has 0 radical (unpaired) electrons. The smallest absolute Gasteiger partial charge is 0.745 e. The Morgan fingerprint density at radius 1 is 0.842 bits per heavy atom. The van der Waals surface area contributed by atoms with E-state index in [-0.39, 0.29) is 160 Å². The van der Waals surface area contributed by atoms with Gasteiger partial charge in [0.2, 0.25) is 5.91 Å². The summed E-state index contributed by atoms with van der Waals surface area (Å²) in [4.78, 5) is 27.0. The van der Waals surface area contributed by atoms with Crippen LogP contribution in [0.15, 0.2) is 65.6 Å². The summed E-state index contributed by atoms with van der Waals surface area (Å²) < 4.78 is 60.8. The van der Waals surface area contributed by atoms with Gasteiger partial charge in [-0.1, -0.05) is 23.8 Å². The first-order chi connectivity index (χ1) is 16.7. The van der Waals surface area contributed by atoms with Gasteiger partial charge in [0.1, 0.15) is 10.1 Å². The van der Waals surface area contributed by atoms with Crippen molar-refractivity contribution in [1.29, 1.82) is 0 Å². The summed E-state index contributed by atoms with van der Waals surface area (Å²) in [5.74, 6) is -0.361. The maximum Gasteiger partial charge on any atom is 1.00 e. The number of benzene rings is 3. The third kappa shape index (κ3) is 11.2. The van der Waals surface area contributed by atoms with Crippen molar-refractivity contribution in [1.82, 2.24) is 0 Å². The van der Waals surface area contributed by atoms with E-state index < -0.39 is 20.7 Å². The maximum absolute atomic E-state index is 12.8. The van der Waals surface area contributed by atoms with Gasteiger partial charge in [0.05, 0.1) is 0 Å². The summed E-state index contributed by atoms with van der Waals surface area (Å²) >= 11 is 0. The van der Waals surface area contributed by atoms with Gasteiger partial charge in [-0.25, -0.2) is 8.42 Å². The standard InChI is InChI=1S/C24H23N2O5S.2Cs.O3S/c1-16(27)17-5-7-19(8-6-17)24(28)26(4)20-11-9-18(10-12-20)22-14-13-21(25(2)3)15-23(22)32(29,30)31;;;1-4(2)3/h5-9,11-15H,1-4H3,(H,29,30,31);;;/q-1;2*+1;/p-1. The van der Waals surface area contributed by atoms with E-state index in [9.17, 15) is 22.6 Å². The molecule has 0 saturated heterocycles. The van der Waals surface area contributed by atoms with Crippen LogP contribution in [0.4, 0.5) is 11.4 Å². The molecule has 0 saturated carbocycles. The summed E-state index contributed by atoms with van der Waals surface area (Å²) in [5.41, 5.74) is 2.71. The van der Waals surface area contributed by atoms with Crippen LogP contribution in [0, 0.1) is 6.07 Å². The first kappa shape index (κ1) is 38.2. The number of nitrogens with zero attached hydrogens (tertiary/aromatic N) is 2. The van der Waals surface area contributed by atoms with Gasteiger partial charge in [-0.2, -0.15) is 0 Å². The number of carbonyl (C=O) groups is 2. The zero-order valence-corrected chi connectivity index (χ0v) is 35.9. The molecule has 0 spiro atoms. The largest absolute Gasteiger partial charge is 1.00 e. The van der Waals surface area contributed by atoms with E-state index in [4.69, 9.17) is 12.6 Å². The van der Waals surface area contributed by atoms with Crippen LogP contribution >= 0.6 is 0 Å². The van der Waals surface area contributed by atoms with Gasteiger partial charge in [-0.15, -0.1) is 42.5 Å². The Morgan fingerprint density at radius 3 is 1.76 bits per heavy atom. The van der Waals surface area contributed by atoms with Crippen molar-refractivity contribution < 1.29 is 173 Å². The average Bonchev–Trinajstić information content (AvgIpc) is 2.82. The zero-order chi connectivity index (χ0) is 27.2. The third-order valence-corrected chi connectivity index (χ3v) is 5.94. The van der Waals surface area contributed by atoms with Gasteiger partial charge in [0.25, 0.3) is 0 Å². The van der Waals surface area contributed by atoms with E-state index in [0.29, 0.717) is 28.1 Å². The van der Waals surface area contributed by atoms with Crippen molar-refractivity contribution in [3.05, 3.63) is 77.9 Å². The number of hydrogen-bond acceptors (Lipinski definition) is 9. The van der Waals surface area contributed by atoms with Crippen molar-refractivity contribution in [2.75, 3.05) is 30.9 Å². The quantitative estimate of drug-likeness (QED) is 0.142. The molecule has 10 nitrogen and oxygen atoms in total.